The van der Waals surface area contributed by atoms with Gasteiger partial charge in [-0.2, -0.15) is 5.10 Å². The number of halogens is 2. The molecule has 0 spiro atoms. The first kappa shape index (κ1) is 22.5. The highest BCUT2D eigenvalue weighted by atomic mass is 35.5. The minimum absolute atomic E-state index is 0.0188. The minimum atomic E-state index is -4.05. The highest BCUT2D eigenvalue weighted by molar-refractivity contribution is 7.92. The van der Waals surface area contributed by atoms with Gasteiger partial charge in [-0.05, 0) is 49.6 Å². The average Bonchev–Trinajstić information content (AvgIpc) is 3.45. The van der Waals surface area contributed by atoms with Gasteiger partial charge in [0.1, 0.15) is 23.7 Å². The number of nitrogens with two attached hydrogens (primary N) is 1. The molecule has 176 valence electrons. The van der Waals surface area contributed by atoms with Crippen molar-refractivity contribution in [3.8, 4) is 11.3 Å². The summed E-state index contributed by atoms with van der Waals surface area (Å²) in [5.74, 6) is -0.495. The molecule has 0 radical (unpaired) electrons. The van der Waals surface area contributed by atoms with E-state index in [0.717, 1.165) is 25.7 Å². The van der Waals surface area contributed by atoms with E-state index in [1.807, 2.05) is 4.68 Å². The van der Waals surface area contributed by atoms with E-state index in [-0.39, 0.29) is 22.4 Å². The summed E-state index contributed by atoms with van der Waals surface area (Å²) in [5.41, 5.74) is 7.85. The van der Waals surface area contributed by atoms with E-state index in [1.165, 1.54) is 30.6 Å². The van der Waals surface area contributed by atoms with Crippen molar-refractivity contribution in [1.82, 2.24) is 19.7 Å². The minimum Gasteiger partial charge on any atom is -0.383 e. The standard InChI is InChI=1S/C23H22ClFN6O2S/c1-13-16(24)7-4-8-19(13)34(32,33)30-18-10-9-14(11-17(18)25)21-20-22(26)27-12-28-23(20)31(29-21)15-5-2-3-6-15/h4,7-12,15,30H,2-3,5-6H2,1H3,(H2,26,27,28). The first-order chi connectivity index (χ1) is 16.3. The van der Waals surface area contributed by atoms with Crippen LogP contribution in [0.2, 0.25) is 5.02 Å². The molecule has 0 aliphatic heterocycles. The Kier molecular flexibility index (Phi) is 5.65. The van der Waals surface area contributed by atoms with Crippen LogP contribution in [0.15, 0.2) is 47.6 Å². The van der Waals surface area contributed by atoms with Gasteiger partial charge in [-0.25, -0.2) is 27.5 Å². The van der Waals surface area contributed by atoms with E-state index < -0.39 is 15.8 Å². The highest BCUT2D eigenvalue weighted by Gasteiger charge is 2.25. The molecule has 5 rings (SSSR count). The molecule has 3 N–H and O–H groups in total. The monoisotopic (exact) mass is 500 g/mol. The molecule has 2 aromatic heterocycles. The van der Waals surface area contributed by atoms with E-state index in [2.05, 4.69) is 14.7 Å². The van der Waals surface area contributed by atoms with Crippen molar-refractivity contribution in [2.45, 2.75) is 43.5 Å². The third kappa shape index (κ3) is 3.86. The molecule has 1 aliphatic carbocycles. The van der Waals surface area contributed by atoms with Crippen molar-refractivity contribution in [3.05, 3.63) is 59.1 Å². The predicted octanol–water partition coefficient (Wildman–Crippen LogP) is 5.09. The van der Waals surface area contributed by atoms with Crippen molar-refractivity contribution < 1.29 is 12.8 Å². The number of nitrogens with one attached hydrogen (secondary N) is 1. The third-order valence-corrected chi connectivity index (χ3v) is 8.10. The zero-order valence-electron chi connectivity index (χ0n) is 18.3. The van der Waals surface area contributed by atoms with Gasteiger partial charge in [0.15, 0.2) is 5.65 Å². The SMILES string of the molecule is Cc1c(Cl)cccc1S(=O)(=O)Nc1ccc(-c2nn(C3CCCC3)c3ncnc(N)c23)cc1F. The van der Waals surface area contributed by atoms with Crippen LogP contribution in [0.25, 0.3) is 22.3 Å². The summed E-state index contributed by atoms with van der Waals surface area (Å²) in [7, 11) is -4.05. The fourth-order valence-corrected chi connectivity index (χ4v) is 5.99. The Morgan fingerprint density at radius 1 is 1.18 bits per heavy atom. The summed E-state index contributed by atoms with van der Waals surface area (Å²) in [4.78, 5) is 8.45. The summed E-state index contributed by atoms with van der Waals surface area (Å²) in [5, 5.41) is 5.59. The number of sulfonamides is 1. The quantitative estimate of drug-likeness (QED) is 0.394. The third-order valence-electron chi connectivity index (χ3n) is 6.18. The van der Waals surface area contributed by atoms with Crippen molar-refractivity contribution in [1.29, 1.82) is 0 Å². The molecule has 34 heavy (non-hydrogen) atoms. The molecule has 1 aliphatic rings. The van der Waals surface area contributed by atoms with E-state index in [9.17, 15) is 8.42 Å². The van der Waals surface area contributed by atoms with Gasteiger partial charge in [0.05, 0.1) is 22.0 Å². The average molecular weight is 501 g/mol. The molecular formula is C23H22ClFN6O2S. The second-order valence-electron chi connectivity index (χ2n) is 8.35. The van der Waals surface area contributed by atoms with E-state index >= 15 is 4.39 Å². The van der Waals surface area contributed by atoms with Crippen molar-refractivity contribution >= 4 is 44.2 Å². The summed E-state index contributed by atoms with van der Waals surface area (Å²) in [6.45, 7) is 1.59. The van der Waals surface area contributed by atoms with Crippen molar-refractivity contribution in [3.63, 3.8) is 0 Å². The molecule has 0 amide bonds. The first-order valence-electron chi connectivity index (χ1n) is 10.8. The van der Waals surface area contributed by atoms with Gasteiger partial charge in [-0.15, -0.1) is 0 Å². The lowest BCUT2D eigenvalue weighted by Crippen LogP contribution is -2.15. The number of hydrogen-bond donors (Lipinski definition) is 2. The van der Waals surface area contributed by atoms with Gasteiger partial charge in [-0.1, -0.05) is 36.6 Å². The molecule has 11 heteroatoms. The Balaban J connectivity index is 1.54. The fraction of sp³-hybridized carbons (Fsp3) is 0.261. The number of nitrogens with zero attached hydrogens (tertiary/aromatic N) is 4. The zero-order valence-corrected chi connectivity index (χ0v) is 19.9. The van der Waals surface area contributed by atoms with Crippen LogP contribution in [0.5, 0.6) is 0 Å². The normalized spacial score (nSPS) is 14.7. The number of rotatable bonds is 5. The molecule has 8 nitrogen and oxygen atoms in total. The van der Waals surface area contributed by atoms with Gasteiger partial charge in [0.2, 0.25) is 0 Å². The van der Waals surface area contributed by atoms with E-state index in [4.69, 9.17) is 22.4 Å². The number of anilines is 2. The van der Waals surface area contributed by atoms with Crippen LogP contribution in [0.4, 0.5) is 15.9 Å². The largest absolute Gasteiger partial charge is 0.383 e. The molecule has 2 heterocycles. The fourth-order valence-electron chi connectivity index (χ4n) is 4.42. The van der Waals surface area contributed by atoms with Crippen LogP contribution >= 0.6 is 11.6 Å². The second kappa shape index (κ2) is 8.52. The Morgan fingerprint density at radius 2 is 1.94 bits per heavy atom. The van der Waals surface area contributed by atoms with Gasteiger partial charge in [0, 0.05) is 10.6 Å². The maximum atomic E-state index is 15.1. The lowest BCUT2D eigenvalue weighted by molar-refractivity contribution is 0.479. The first-order valence-corrected chi connectivity index (χ1v) is 12.7. The number of nitrogen functional groups attached to an aromatic ring is 1. The van der Waals surface area contributed by atoms with Gasteiger partial charge < -0.3 is 5.73 Å². The number of fused-ring (bicyclic) bond motifs is 1. The molecule has 0 saturated heterocycles. The van der Waals surface area contributed by atoms with Crippen LogP contribution in [0, 0.1) is 12.7 Å². The molecule has 0 unspecified atom stereocenters. The maximum Gasteiger partial charge on any atom is 0.262 e. The lowest BCUT2D eigenvalue weighted by atomic mass is 10.1. The van der Waals surface area contributed by atoms with Gasteiger partial charge >= 0.3 is 0 Å². The molecule has 1 saturated carbocycles. The van der Waals surface area contributed by atoms with Crippen LogP contribution in [0.3, 0.4) is 0 Å². The smallest absolute Gasteiger partial charge is 0.262 e. The Labute approximate surface area is 201 Å². The summed E-state index contributed by atoms with van der Waals surface area (Å²) in [6, 6.07) is 8.93. The van der Waals surface area contributed by atoms with E-state index in [1.54, 1.807) is 19.1 Å². The van der Waals surface area contributed by atoms with Crippen LogP contribution in [-0.2, 0) is 10.0 Å². The Bertz CT molecular complexity index is 1520. The number of hydrogen-bond acceptors (Lipinski definition) is 6. The second-order valence-corrected chi connectivity index (χ2v) is 10.4. The predicted molar refractivity (Wildman–Crippen MR) is 130 cm³/mol. The van der Waals surface area contributed by atoms with Crippen LogP contribution in [0.1, 0.15) is 37.3 Å². The topological polar surface area (TPSA) is 116 Å². The summed E-state index contributed by atoms with van der Waals surface area (Å²) < 4.78 is 45.0. The highest BCUT2D eigenvalue weighted by Crippen LogP contribution is 2.37. The van der Waals surface area contributed by atoms with Crippen molar-refractivity contribution in [2.75, 3.05) is 10.5 Å². The molecule has 1 fully saturated rings. The number of aromatic nitrogens is 4. The maximum absolute atomic E-state index is 15.1. The zero-order chi connectivity index (χ0) is 24.0. The molecular weight excluding hydrogens is 479 g/mol. The molecule has 4 aromatic rings. The van der Waals surface area contributed by atoms with Crippen LogP contribution in [-0.4, -0.2) is 28.2 Å². The lowest BCUT2D eigenvalue weighted by Gasteiger charge is -2.12. The Hall–Kier alpha value is -3.24. The number of benzene rings is 2. The van der Waals surface area contributed by atoms with Gasteiger partial charge in [0.25, 0.3) is 10.0 Å². The molecule has 0 atom stereocenters. The van der Waals surface area contributed by atoms with E-state index in [0.29, 0.717) is 32.9 Å². The molecule has 2 aromatic carbocycles. The van der Waals surface area contributed by atoms with Crippen LogP contribution < -0.4 is 10.5 Å². The summed E-state index contributed by atoms with van der Waals surface area (Å²) >= 11 is 6.06. The molecule has 0 bridgehead atoms. The summed E-state index contributed by atoms with van der Waals surface area (Å²) in [6.07, 6.45) is 5.58. The van der Waals surface area contributed by atoms with Gasteiger partial charge in [-0.3, -0.25) is 4.72 Å². The van der Waals surface area contributed by atoms with Crippen molar-refractivity contribution in [2.24, 2.45) is 0 Å². The Morgan fingerprint density at radius 3 is 2.68 bits per heavy atom.